The van der Waals surface area contributed by atoms with Crippen molar-refractivity contribution in [3.05, 3.63) is 18.4 Å². The van der Waals surface area contributed by atoms with Crippen LogP contribution >= 0.6 is 0 Å². The van der Waals surface area contributed by atoms with E-state index >= 15 is 0 Å². The van der Waals surface area contributed by atoms with Crippen molar-refractivity contribution in [2.45, 2.75) is 25.7 Å². The molecule has 1 heterocycles. The van der Waals surface area contributed by atoms with E-state index in [1.807, 2.05) is 6.20 Å². The minimum absolute atomic E-state index is 0.991. The number of hydrogen-bond acceptors (Lipinski definition) is 2. The zero-order valence-electron chi connectivity index (χ0n) is 5.92. The van der Waals surface area contributed by atoms with Crippen LogP contribution in [0, 0.1) is 5.92 Å². The van der Waals surface area contributed by atoms with Gasteiger partial charge in [0.1, 0.15) is 5.76 Å². The SMILES string of the molecule is c1ncc(CCC2CC2)o1. The lowest BCUT2D eigenvalue weighted by Crippen LogP contribution is -1.82. The van der Waals surface area contributed by atoms with E-state index in [1.165, 1.54) is 25.7 Å². The van der Waals surface area contributed by atoms with Crippen molar-refractivity contribution in [1.82, 2.24) is 4.98 Å². The first kappa shape index (κ1) is 5.96. The maximum atomic E-state index is 5.10. The van der Waals surface area contributed by atoms with Crippen LogP contribution in [0.3, 0.4) is 0 Å². The van der Waals surface area contributed by atoms with Crippen LogP contribution < -0.4 is 0 Å². The fourth-order valence-electron chi connectivity index (χ4n) is 1.12. The molecular formula is C8H11NO. The third-order valence-electron chi connectivity index (χ3n) is 1.98. The van der Waals surface area contributed by atoms with Gasteiger partial charge in [0.15, 0.2) is 6.39 Å². The molecule has 0 amide bonds. The Bertz CT molecular complexity index is 189. The third kappa shape index (κ3) is 1.38. The van der Waals surface area contributed by atoms with Gasteiger partial charge in [0.2, 0.25) is 0 Å². The van der Waals surface area contributed by atoms with Crippen LogP contribution in [-0.4, -0.2) is 4.98 Å². The van der Waals surface area contributed by atoms with Crippen LogP contribution in [-0.2, 0) is 6.42 Å². The lowest BCUT2D eigenvalue weighted by atomic mass is 10.2. The highest BCUT2D eigenvalue weighted by Crippen LogP contribution is 2.33. The lowest BCUT2D eigenvalue weighted by molar-refractivity contribution is 0.490. The normalized spacial score (nSPS) is 17.6. The van der Waals surface area contributed by atoms with E-state index in [2.05, 4.69) is 4.98 Å². The molecule has 1 aromatic heterocycles. The summed E-state index contributed by atoms with van der Waals surface area (Å²) >= 11 is 0. The molecule has 1 aliphatic carbocycles. The number of aromatic nitrogens is 1. The summed E-state index contributed by atoms with van der Waals surface area (Å²) in [4.78, 5) is 3.85. The molecule has 0 atom stereocenters. The van der Waals surface area contributed by atoms with Gasteiger partial charge in [0, 0.05) is 6.42 Å². The van der Waals surface area contributed by atoms with Gasteiger partial charge >= 0.3 is 0 Å². The highest BCUT2D eigenvalue weighted by Gasteiger charge is 2.20. The highest BCUT2D eigenvalue weighted by atomic mass is 16.3. The average molecular weight is 137 g/mol. The average Bonchev–Trinajstić information content (AvgIpc) is 2.63. The first-order valence-corrected chi connectivity index (χ1v) is 3.82. The summed E-state index contributed by atoms with van der Waals surface area (Å²) in [5, 5.41) is 0. The van der Waals surface area contributed by atoms with Gasteiger partial charge in [-0.15, -0.1) is 0 Å². The predicted molar refractivity (Wildman–Crippen MR) is 37.5 cm³/mol. The van der Waals surface area contributed by atoms with Crippen molar-refractivity contribution in [1.29, 1.82) is 0 Å². The van der Waals surface area contributed by atoms with Crippen molar-refractivity contribution in [2.75, 3.05) is 0 Å². The van der Waals surface area contributed by atoms with Gasteiger partial charge in [-0.25, -0.2) is 4.98 Å². The van der Waals surface area contributed by atoms with Crippen LogP contribution in [0.25, 0.3) is 0 Å². The fourth-order valence-corrected chi connectivity index (χ4v) is 1.12. The topological polar surface area (TPSA) is 26.0 Å². The molecule has 0 saturated heterocycles. The monoisotopic (exact) mass is 137 g/mol. The highest BCUT2D eigenvalue weighted by molar-refractivity contribution is 4.90. The maximum Gasteiger partial charge on any atom is 0.180 e. The van der Waals surface area contributed by atoms with Gasteiger partial charge in [-0.2, -0.15) is 0 Å². The summed E-state index contributed by atoms with van der Waals surface area (Å²) in [6, 6.07) is 0. The molecule has 10 heavy (non-hydrogen) atoms. The van der Waals surface area contributed by atoms with Crippen molar-refractivity contribution in [2.24, 2.45) is 5.92 Å². The first-order valence-electron chi connectivity index (χ1n) is 3.82. The van der Waals surface area contributed by atoms with Gasteiger partial charge in [0.25, 0.3) is 0 Å². The minimum atomic E-state index is 0.991. The molecule has 0 bridgehead atoms. The van der Waals surface area contributed by atoms with Gasteiger partial charge in [-0.1, -0.05) is 12.8 Å². The summed E-state index contributed by atoms with van der Waals surface area (Å²) in [5.74, 6) is 2.03. The first-order chi connectivity index (χ1) is 4.95. The molecule has 0 aliphatic heterocycles. The summed E-state index contributed by atoms with van der Waals surface area (Å²) in [6.07, 6.45) is 8.52. The molecule has 1 aromatic rings. The molecule has 0 N–H and O–H groups in total. The molecule has 2 heteroatoms. The number of hydrogen-bond donors (Lipinski definition) is 0. The van der Waals surface area contributed by atoms with E-state index in [0.29, 0.717) is 0 Å². The Morgan fingerprint density at radius 3 is 3.10 bits per heavy atom. The number of oxazole rings is 1. The van der Waals surface area contributed by atoms with Gasteiger partial charge < -0.3 is 4.42 Å². The molecule has 0 unspecified atom stereocenters. The number of nitrogens with zero attached hydrogens (tertiary/aromatic N) is 1. The van der Waals surface area contributed by atoms with Crippen LogP contribution in [0.1, 0.15) is 25.0 Å². The number of rotatable bonds is 3. The summed E-state index contributed by atoms with van der Waals surface area (Å²) in [5.41, 5.74) is 0. The zero-order valence-corrected chi connectivity index (χ0v) is 5.92. The smallest absolute Gasteiger partial charge is 0.180 e. The minimum Gasteiger partial charge on any atom is -0.449 e. The Kier molecular flexibility index (Phi) is 1.46. The second kappa shape index (κ2) is 2.45. The van der Waals surface area contributed by atoms with E-state index in [9.17, 15) is 0 Å². The van der Waals surface area contributed by atoms with Crippen LogP contribution in [0.15, 0.2) is 17.0 Å². The molecule has 2 rings (SSSR count). The second-order valence-corrected chi connectivity index (χ2v) is 2.95. The van der Waals surface area contributed by atoms with Crippen LogP contribution in [0.2, 0.25) is 0 Å². The molecule has 0 aromatic carbocycles. The molecule has 1 fully saturated rings. The van der Waals surface area contributed by atoms with Crippen molar-refractivity contribution >= 4 is 0 Å². The fraction of sp³-hybridized carbons (Fsp3) is 0.625. The molecule has 2 nitrogen and oxygen atoms in total. The largest absolute Gasteiger partial charge is 0.449 e. The number of aryl methyl sites for hydroxylation is 1. The standard InChI is InChI=1S/C8H11NO/c1-2-7(1)3-4-8-5-9-6-10-8/h5-7H,1-4H2. The Morgan fingerprint density at radius 1 is 1.60 bits per heavy atom. The van der Waals surface area contributed by atoms with Crippen LogP contribution in [0.4, 0.5) is 0 Å². The van der Waals surface area contributed by atoms with E-state index in [1.54, 1.807) is 0 Å². The van der Waals surface area contributed by atoms with E-state index in [-0.39, 0.29) is 0 Å². The zero-order chi connectivity index (χ0) is 6.81. The Hall–Kier alpha value is -0.790. The molecule has 1 saturated carbocycles. The van der Waals surface area contributed by atoms with Crippen molar-refractivity contribution in [3.63, 3.8) is 0 Å². The third-order valence-corrected chi connectivity index (χ3v) is 1.98. The Labute approximate surface area is 60.3 Å². The van der Waals surface area contributed by atoms with Gasteiger partial charge in [-0.3, -0.25) is 0 Å². The van der Waals surface area contributed by atoms with Crippen molar-refractivity contribution < 1.29 is 4.42 Å². The molecule has 0 radical (unpaired) electrons. The van der Waals surface area contributed by atoms with Gasteiger partial charge in [0.05, 0.1) is 6.20 Å². The Morgan fingerprint density at radius 2 is 2.50 bits per heavy atom. The molecule has 0 spiro atoms. The maximum absolute atomic E-state index is 5.10. The summed E-state index contributed by atoms with van der Waals surface area (Å²) in [6.45, 7) is 0. The quantitative estimate of drug-likeness (QED) is 0.637. The van der Waals surface area contributed by atoms with E-state index < -0.39 is 0 Å². The molecule has 1 aliphatic rings. The Balaban J connectivity index is 1.79. The lowest BCUT2D eigenvalue weighted by Gasteiger charge is -1.90. The predicted octanol–water partition coefficient (Wildman–Crippen LogP) is 2.02. The van der Waals surface area contributed by atoms with Crippen molar-refractivity contribution in [3.8, 4) is 0 Å². The molecule has 54 valence electrons. The van der Waals surface area contributed by atoms with E-state index in [0.717, 1.165) is 18.1 Å². The summed E-state index contributed by atoms with van der Waals surface area (Å²) in [7, 11) is 0. The summed E-state index contributed by atoms with van der Waals surface area (Å²) < 4.78 is 5.10. The van der Waals surface area contributed by atoms with Gasteiger partial charge in [-0.05, 0) is 12.3 Å². The van der Waals surface area contributed by atoms with Crippen LogP contribution in [0.5, 0.6) is 0 Å². The second-order valence-electron chi connectivity index (χ2n) is 2.95. The van der Waals surface area contributed by atoms with E-state index in [4.69, 9.17) is 4.42 Å². The molecular weight excluding hydrogens is 126 g/mol.